The highest BCUT2D eigenvalue weighted by Gasteiger charge is 2.19. The maximum Gasteiger partial charge on any atom is 0.264 e. The molecule has 1 heterocycles. The van der Waals surface area contributed by atoms with Crippen LogP contribution in [0.15, 0.2) is 97.0 Å². The van der Waals surface area contributed by atoms with Crippen molar-refractivity contribution in [1.29, 1.82) is 5.26 Å². The van der Waals surface area contributed by atoms with E-state index in [0.29, 0.717) is 5.69 Å². The van der Waals surface area contributed by atoms with Gasteiger partial charge in [0.05, 0.1) is 17.9 Å². The Morgan fingerprint density at radius 3 is 2.11 bits per heavy atom. The Balaban J connectivity index is 1.82. The molecule has 0 saturated carbocycles. The summed E-state index contributed by atoms with van der Waals surface area (Å²) in [6, 6.07) is 24.5. The number of hydrogen-bond acceptors (Lipinski definition) is 4. The first-order valence-electron chi connectivity index (χ1n) is 8.45. The van der Waals surface area contributed by atoms with E-state index in [1.165, 1.54) is 6.20 Å². The van der Waals surface area contributed by atoms with Crippen molar-refractivity contribution in [3.8, 4) is 6.07 Å². The monoisotopic (exact) mass is 354 g/mol. The molecule has 0 saturated heterocycles. The molecule has 2 N–H and O–H groups in total. The van der Waals surface area contributed by atoms with E-state index in [9.17, 15) is 10.1 Å². The van der Waals surface area contributed by atoms with Crippen LogP contribution in [0, 0.1) is 11.3 Å². The Bertz CT molecular complexity index is 908. The van der Waals surface area contributed by atoms with Crippen LogP contribution in [-0.2, 0) is 4.79 Å². The van der Waals surface area contributed by atoms with Gasteiger partial charge in [0.1, 0.15) is 11.6 Å². The van der Waals surface area contributed by atoms with Gasteiger partial charge in [0, 0.05) is 12.4 Å². The zero-order valence-corrected chi connectivity index (χ0v) is 14.5. The lowest BCUT2D eigenvalue weighted by Crippen LogP contribution is -2.30. The van der Waals surface area contributed by atoms with Gasteiger partial charge in [0.15, 0.2) is 0 Å². The Morgan fingerprint density at radius 1 is 0.963 bits per heavy atom. The standard InChI is InChI=1S/C22H18N4O/c23-14-19(15-25-20-12-7-13-24-16-20)22(27)26-21(17-8-3-1-4-9-17)18-10-5-2-6-11-18/h1-13,15-16,21,25H,(H,26,27)/b19-15-. The van der Waals surface area contributed by atoms with Crippen molar-refractivity contribution in [1.82, 2.24) is 10.3 Å². The molecule has 2 aromatic carbocycles. The summed E-state index contributed by atoms with van der Waals surface area (Å²) in [5.74, 6) is -0.452. The molecule has 0 fully saturated rings. The molecule has 3 rings (SSSR count). The highest BCUT2D eigenvalue weighted by Crippen LogP contribution is 2.22. The molecule has 5 nitrogen and oxygen atoms in total. The topological polar surface area (TPSA) is 77.8 Å². The van der Waals surface area contributed by atoms with Crippen LogP contribution < -0.4 is 10.6 Å². The number of carbonyl (C=O) groups excluding carboxylic acids is 1. The van der Waals surface area contributed by atoms with Crippen molar-refractivity contribution in [3.05, 3.63) is 108 Å². The zero-order valence-electron chi connectivity index (χ0n) is 14.5. The van der Waals surface area contributed by atoms with E-state index in [0.717, 1.165) is 11.1 Å². The second kappa shape index (κ2) is 8.97. The van der Waals surface area contributed by atoms with Gasteiger partial charge in [-0.1, -0.05) is 60.7 Å². The molecule has 0 unspecified atom stereocenters. The van der Waals surface area contributed by atoms with Crippen LogP contribution in [0.4, 0.5) is 5.69 Å². The largest absolute Gasteiger partial charge is 0.359 e. The first-order chi connectivity index (χ1) is 13.3. The number of anilines is 1. The summed E-state index contributed by atoms with van der Waals surface area (Å²) >= 11 is 0. The third kappa shape index (κ3) is 4.80. The normalized spacial score (nSPS) is 10.9. The summed E-state index contributed by atoms with van der Waals surface area (Å²) in [4.78, 5) is 16.7. The fourth-order valence-electron chi connectivity index (χ4n) is 2.61. The lowest BCUT2D eigenvalue weighted by molar-refractivity contribution is -0.117. The maximum absolute atomic E-state index is 12.7. The van der Waals surface area contributed by atoms with E-state index in [1.807, 2.05) is 66.7 Å². The van der Waals surface area contributed by atoms with Gasteiger partial charge in [-0.25, -0.2) is 0 Å². The summed E-state index contributed by atoms with van der Waals surface area (Å²) in [5.41, 5.74) is 2.56. The highest BCUT2D eigenvalue weighted by atomic mass is 16.1. The van der Waals surface area contributed by atoms with Crippen LogP contribution in [0.1, 0.15) is 17.2 Å². The SMILES string of the molecule is N#C/C(=C/Nc1cccnc1)C(=O)NC(c1ccccc1)c1ccccc1. The van der Waals surface area contributed by atoms with Gasteiger partial charge in [0.2, 0.25) is 0 Å². The van der Waals surface area contributed by atoms with Gasteiger partial charge in [-0.2, -0.15) is 5.26 Å². The van der Waals surface area contributed by atoms with Gasteiger partial charge in [-0.3, -0.25) is 9.78 Å². The molecule has 1 amide bonds. The third-order valence-electron chi connectivity index (χ3n) is 3.95. The first kappa shape index (κ1) is 17.9. The molecule has 1 aromatic heterocycles. The number of aromatic nitrogens is 1. The smallest absolute Gasteiger partial charge is 0.264 e. The maximum atomic E-state index is 12.7. The molecule has 0 aliphatic rings. The van der Waals surface area contributed by atoms with Crippen LogP contribution in [0.3, 0.4) is 0 Å². The van der Waals surface area contributed by atoms with Crippen LogP contribution in [0.25, 0.3) is 0 Å². The summed E-state index contributed by atoms with van der Waals surface area (Å²) < 4.78 is 0. The number of benzene rings is 2. The van der Waals surface area contributed by atoms with Crippen LogP contribution >= 0.6 is 0 Å². The molecule has 27 heavy (non-hydrogen) atoms. The van der Waals surface area contributed by atoms with Crippen LogP contribution in [-0.4, -0.2) is 10.9 Å². The first-order valence-corrected chi connectivity index (χ1v) is 8.45. The lowest BCUT2D eigenvalue weighted by Gasteiger charge is -2.19. The Kier molecular flexibility index (Phi) is 5.95. The van der Waals surface area contributed by atoms with Crippen molar-refractivity contribution in [2.24, 2.45) is 0 Å². The summed E-state index contributed by atoms with van der Waals surface area (Å²) in [6.07, 6.45) is 4.65. The fourth-order valence-corrected chi connectivity index (χ4v) is 2.61. The predicted octanol–water partition coefficient (Wildman–Crippen LogP) is 3.81. The number of rotatable bonds is 6. The third-order valence-corrected chi connectivity index (χ3v) is 3.95. The summed E-state index contributed by atoms with van der Waals surface area (Å²) in [6.45, 7) is 0. The minimum Gasteiger partial charge on any atom is -0.359 e. The summed E-state index contributed by atoms with van der Waals surface area (Å²) in [7, 11) is 0. The molecule has 5 heteroatoms. The second-order valence-corrected chi connectivity index (χ2v) is 5.78. The molecular weight excluding hydrogens is 336 g/mol. The number of nitrogens with one attached hydrogen (secondary N) is 2. The Labute approximate surface area is 158 Å². The van der Waals surface area contributed by atoms with Gasteiger partial charge < -0.3 is 10.6 Å². The van der Waals surface area contributed by atoms with Crippen molar-refractivity contribution in [2.75, 3.05) is 5.32 Å². The quantitative estimate of drug-likeness (QED) is 0.521. The number of amides is 1. The molecule has 0 radical (unpaired) electrons. The highest BCUT2D eigenvalue weighted by molar-refractivity contribution is 5.98. The van der Waals surface area contributed by atoms with E-state index in [2.05, 4.69) is 15.6 Å². The van der Waals surface area contributed by atoms with Gasteiger partial charge >= 0.3 is 0 Å². The molecular formula is C22H18N4O. The molecule has 3 aromatic rings. The van der Waals surface area contributed by atoms with Crippen molar-refractivity contribution in [2.45, 2.75) is 6.04 Å². The Morgan fingerprint density at radius 2 is 1.59 bits per heavy atom. The zero-order chi connectivity index (χ0) is 18.9. The van der Waals surface area contributed by atoms with Crippen LogP contribution in [0.2, 0.25) is 0 Å². The lowest BCUT2D eigenvalue weighted by atomic mass is 9.98. The molecule has 0 atom stereocenters. The van der Waals surface area contributed by atoms with E-state index in [1.54, 1.807) is 24.5 Å². The van der Waals surface area contributed by atoms with Crippen molar-refractivity contribution in [3.63, 3.8) is 0 Å². The molecule has 0 spiro atoms. The predicted molar refractivity (Wildman–Crippen MR) is 104 cm³/mol. The number of carbonyl (C=O) groups is 1. The van der Waals surface area contributed by atoms with Gasteiger partial charge in [-0.05, 0) is 23.3 Å². The van der Waals surface area contributed by atoms with Gasteiger partial charge in [0.25, 0.3) is 5.91 Å². The number of nitrogens with zero attached hydrogens (tertiary/aromatic N) is 2. The number of nitriles is 1. The van der Waals surface area contributed by atoms with E-state index < -0.39 is 5.91 Å². The summed E-state index contributed by atoms with van der Waals surface area (Å²) in [5, 5.41) is 15.3. The van der Waals surface area contributed by atoms with E-state index in [-0.39, 0.29) is 11.6 Å². The van der Waals surface area contributed by atoms with E-state index in [4.69, 9.17) is 0 Å². The van der Waals surface area contributed by atoms with Crippen LogP contribution in [0.5, 0.6) is 0 Å². The average molecular weight is 354 g/mol. The average Bonchev–Trinajstić information content (AvgIpc) is 2.74. The molecule has 0 aliphatic carbocycles. The minimum absolute atomic E-state index is 0.0179. The second-order valence-electron chi connectivity index (χ2n) is 5.78. The fraction of sp³-hybridized carbons (Fsp3) is 0.0455. The molecule has 0 aliphatic heterocycles. The number of hydrogen-bond donors (Lipinski definition) is 2. The van der Waals surface area contributed by atoms with Crippen molar-refractivity contribution >= 4 is 11.6 Å². The minimum atomic E-state index is -0.452. The van der Waals surface area contributed by atoms with Crippen molar-refractivity contribution < 1.29 is 4.79 Å². The van der Waals surface area contributed by atoms with Gasteiger partial charge in [-0.15, -0.1) is 0 Å². The Hall–Kier alpha value is -3.91. The number of pyridine rings is 1. The molecule has 0 bridgehead atoms. The van der Waals surface area contributed by atoms with E-state index >= 15 is 0 Å². The molecule has 132 valence electrons.